The molecule has 1 aliphatic rings. The smallest absolute Gasteiger partial charge is 0.270 e. The molecule has 1 saturated heterocycles. The van der Waals surface area contributed by atoms with Gasteiger partial charge in [-0.05, 0) is 48.0 Å². The van der Waals surface area contributed by atoms with E-state index in [2.05, 4.69) is 0 Å². The number of halogens is 3. The molecule has 0 spiro atoms. The van der Waals surface area contributed by atoms with E-state index in [9.17, 15) is 9.90 Å². The molecule has 8 heteroatoms. The summed E-state index contributed by atoms with van der Waals surface area (Å²) in [5.41, 5.74) is 1.24. The molecule has 122 valence electrons. The lowest BCUT2D eigenvalue weighted by molar-refractivity contribution is -0.113. The van der Waals surface area contributed by atoms with Gasteiger partial charge in [-0.2, -0.15) is 0 Å². The zero-order valence-electron chi connectivity index (χ0n) is 11.8. The third kappa shape index (κ3) is 3.41. The van der Waals surface area contributed by atoms with E-state index in [0.717, 1.165) is 0 Å². The summed E-state index contributed by atoms with van der Waals surface area (Å²) in [4.78, 5) is 14.5. The average Bonchev–Trinajstić information content (AvgIpc) is 2.80. The van der Waals surface area contributed by atoms with Crippen LogP contribution in [0.15, 0.2) is 41.3 Å². The number of hydrogen-bond acceptors (Lipinski definition) is 4. The van der Waals surface area contributed by atoms with Crippen LogP contribution >= 0.6 is 58.8 Å². The number of benzene rings is 2. The molecule has 3 nitrogen and oxygen atoms in total. The van der Waals surface area contributed by atoms with Crippen LogP contribution < -0.4 is 4.90 Å². The van der Waals surface area contributed by atoms with Crippen molar-refractivity contribution >= 4 is 80.8 Å². The van der Waals surface area contributed by atoms with E-state index in [4.69, 9.17) is 47.0 Å². The fourth-order valence-electron chi connectivity index (χ4n) is 2.10. The van der Waals surface area contributed by atoms with E-state index < -0.39 is 0 Å². The zero-order chi connectivity index (χ0) is 17.4. The second-order valence-electron chi connectivity index (χ2n) is 4.83. The first kappa shape index (κ1) is 17.6. The van der Waals surface area contributed by atoms with Crippen LogP contribution in [0.2, 0.25) is 15.1 Å². The van der Waals surface area contributed by atoms with Gasteiger partial charge in [0.05, 0.1) is 20.6 Å². The van der Waals surface area contributed by atoms with Gasteiger partial charge in [0.15, 0.2) is 10.1 Å². The highest BCUT2D eigenvalue weighted by Gasteiger charge is 2.33. The van der Waals surface area contributed by atoms with Crippen molar-refractivity contribution in [1.29, 1.82) is 0 Å². The summed E-state index contributed by atoms with van der Waals surface area (Å²) in [6, 6.07) is 9.89. The first-order valence-electron chi connectivity index (χ1n) is 6.58. The molecular weight excluding hydrogens is 409 g/mol. The number of phenolic OH excluding ortho intramolecular Hbond substituents is 1. The zero-order valence-corrected chi connectivity index (χ0v) is 15.7. The number of carbonyl (C=O) groups excluding carboxylic acids is 1. The highest BCUT2D eigenvalue weighted by molar-refractivity contribution is 8.27. The third-order valence-electron chi connectivity index (χ3n) is 3.22. The highest BCUT2D eigenvalue weighted by Crippen LogP contribution is 2.38. The summed E-state index contributed by atoms with van der Waals surface area (Å²) < 4.78 is 0.421. The number of thioether (sulfide) groups is 1. The summed E-state index contributed by atoms with van der Waals surface area (Å²) in [5, 5.41) is 10.4. The Labute approximate surface area is 162 Å². The third-order valence-corrected chi connectivity index (χ3v) is 5.35. The molecule has 2 aromatic carbocycles. The maximum atomic E-state index is 12.6. The van der Waals surface area contributed by atoms with Crippen LogP contribution in [-0.2, 0) is 4.79 Å². The van der Waals surface area contributed by atoms with Gasteiger partial charge in [-0.15, -0.1) is 0 Å². The van der Waals surface area contributed by atoms with Crippen molar-refractivity contribution in [2.45, 2.75) is 0 Å². The minimum absolute atomic E-state index is 0.113. The quantitative estimate of drug-likeness (QED) is 0.499. The number of nitrogens with zero attached hydrogens (tertiary/aromatic N) is 1. The minimum atomic E-state index is -0.243. The average molecular weight is 417 g/mol. The topological polar surface area (TPSA) is 40.5 Å². The van der Waals surface area contributed by atoms with Gasteiger partial charge in [-0.25, -0.2) is 0 Å². The maximum absolute atomic E-state index is 12.6. The molecule has 1 N–H and O–H groups in total. The number of hydrogen-bond donors (Lipinski definition) is 1. The van der Waals surface area contributed by atoms with Gasteiger partial charge in [0.2, 0.25) is 0 Å². The van der Waals surface area contributed by atoms with Crippen LogP contribution in [0.25, 0.3) is 6.08 Å². The van der Waals surface area contributed by atoms with Crippen molar-refractivity contribution in [2.75, 3.05) is 4.90 Å². The lowest BCUT2D eigenvalue weighted by Gasteiger charge is -2.14. The molecule has 1 amide bonds. The van der Waals surface area contributed by atoms with Gasteiger partial charge >= 0.3 is 0 Å². The number of rotatable bonds is 2. The van der Waals surface area contributed by atoms with Crippen LogP contribution in [0.3, 0.4) is 0 Å². The molecule has 24 heavy (non-hydrogen) atoms. The van der Waals surface area contributed by atoms with E-state index in [0.29, 0.717) is 25.5 Å². The van der Waals surface area contributed by atoms with E-state index in [1.165, 1.54) is 28.8 Å². The molecule has 0 saturated carbocycles. The molecule has 1 heterocycles. The monoisotopic (exact) mass is 415 g/mol. The van der Waals surface area contributed by atoms with Gasteiger partial charge in [-0.3, -0.25) is 9.69 Å². The first-order chi connectivity index (χ1) is 11.4. The van der Waals surface area contributed by atoms with Gasteiger partial charge in [0.1, 0.15) is 0 Å². The van der Waals surface area contributed by atoms with Crippen LogP contribution in [0.1, 0.15) is 5.56 Å². The fourth-order valence-corrected chi connectivity index (χ4v) is 4.03. The normalized spacial score (nSPS) is 16.3. The number of amides is 1. The summed E-state index contributed by atoms with van der Waals surface area (Å²) in [5.74, 6) is -0.433. The van der Waals surface area contributed by atoms with Crippen molar-refractivity contribution in [1.82, 2.24) is 0 Å². The van der Waals surface area contributed by atoms with Crippen LogP contribution in [0.5, 0.6) is 5.75 Å². The van der Waals surface area contributed by atoms with Gasteiger partial charge in [0, 0.05) is 5.02 Å². The Morgan fingerprint density at radius 2 is 1.67 bits per heavy atom. The number of thiocarbonyl (C=S) groups is 1. The second-order valence-corrected chi connectivity index (χ2v) is 7.75. The van der Waals surface area contributed by atoms with Crippen molar-refractivity contribution in [3.05, 3.63) is 61.9 Å². The lowest BCUT2D eigenvalue weighted by atomic mass is 10.2. The predicted molar refractivity (Wildman–Crippen MR) is 105 cm³/mol. The fraction of sp³-hybridized carbons (Fsp3) is 0. The molecule has 1 fully saturated rings. The van der Waals surface area contributed by atoms with Crippen molar-refractivity contribution in [3.63, 3.8) is 0 Å². The molecule has 1 aliphatic heterocycles. The molecule has 0 aromatic heterocycles. The molecule has 0 unspecified atom stereocenters. The first-order valence-corrected chi connectivity index (χ1v) is 8.94. The Morgan fingerprint density at radius 1 is 1.08 bits per heavy atom. The lowest BCUT2D eigenvalue weighted by Crippen LogP contribution is -2.27. The number of phenols is 1. The summed E-state index contributed by atoms with van der Waals surface area (Å²) in [7, 11) is 0. The van der Waals surface area contributed by atoms with Crippen molar-refractivity contribution in [3.8, 4) is 5.75 Å². The highest BCUT2D eigenvalue weighted by atomic mass is 35.5. The van der Waals surface area contributed by atoms with Gasteiger partial charge in [-0.1, -0.05) is 58.8 Å². The maximum Gasteiger partial charge on any atom is 0.270 e. The molecule has 3 rings (SSSR count). The van der Waals surface area contributed by atoms with Gasteiger partial charge in [0.25, 0.3) is 5.91 Å². The van der Waals surface area contributed by atoms with E-state index >= 15 is 0 Å². The second kappa shape index (κ2) is 6.94. The number of carbonyl (C=O) groups is 1. The Morgan fingerprint density at radius 3 is 2.25 bits per heavy atom. The Kier molecular flexibility index (Phi) is 5.08. The Bertz CT molecular complexity index is 858. The van der Waals surface area contributed by atoms with Crippen molar-refractivity contribution in [2.24, 2.45) is 0 Å². The summed E-state index contributed by atoms with van der Waals surface area (Å²) >= 11 is 24.2. The van der Waals surface area contributed by atoms with E-state index in [1.54, 1.807) is 30.3 Å². The minimum Gasteiger partial charge on any atom is -0.505 e. The molecule has 2 aromatic rings. The van der Waals surface area contributed by atoms with Crippen molar-refractivity contribution < 1.29 is 9.90 Å². The molecular formula is C16H8Cl3NO2S2. The Hall–Kier alpha value is -1.24. The van der Waals surface area contributed by atoms with Crippen LogP contribution in [-0.4, -0.2) is 15.3 Å². The Balaban J connectivity index is 1.95. The van der Waals surface area contributed by atoms with E-state index in [-0.39, 0.29) is 21.7 Å². The largest absolute Gasteiger partial charge is 0.505 e. The van der Waals surface area contributed by atoms with E-state index in [1.807, 2.05) is 0 Å². The van der Waals surface area contributed by atoms with Crippen LogP contribution in [0.4, 0.5) is 5.69 Å². The number of aromatic hydroxyl groups is 1. The molecule has 0 atom stereocenters. The molecule has 0 bridgehead atoms. The summed E-state index contributed by atoms with van der Waals surface area (Å²) in [6.07, 6.45) is 1.63. The predicted octanol–water partition coefficient (Wildman–Crippen LogP) is 5.76. The van der Waals surface area contributed by atoms with Gasteiger partial charge < -0.3 is 5.11 Å². The molecule has 0 aliphatic carbocycles. The number of anilines is 1. The SMILES string of the molecule is O=C1/C(=C/c2cc(Cl)c(O)c(Cl)c2)SC(=S)N1c1ccc(Cl)cc1. The van der Waals surface area contributed by atoms with Crippen LogP contribution in [0, 0.1) is 0 Å². The standard InChI is InChI=1S/C16H8Cl3NO2S2/c17-9-1-3-10(4-2-9)20-15(22)13(24-16(20)23)7-8-5-11(18)14(21)12(19)6-8/h1-7,21H/b13-7-. The summed E-state index contributed by atoms with van der Waals surface area (Å²) in [6.45, 7) is 0. The molecule has 0 radical (unpaired) electrons.